The second kappa shape index (κ2) is 8.33. The Morgan fingerprint density at radius 3 is 1.97 bits per heavy atom. The largest absolute Gasteiger partial charge is 0.286 e. The summed E-state index contributed by atoms with van der Waals surface area (Å²) in [5, 5.41) is 0.515. The van der Waals surface area contributed by atoms with Crippen molar-refractivity contribution in [2.24, 2.45) is 0 Å². The van der Waals surface area contributed by atoms with E-state index in [-0.39, 0.29) is 23.9 Å². The first-order valence-corrected chi connectivity index (χ1v) is 9.99. The number of carbonyl (C=O) groups is 1. The minimum atomic E-state index is -0.200. The van der Waals surface area contributed by atoms with Crippen LogP contribution in [-0.2, 0) is 11.3 Å². The van der Waals surface area contributed by atoms with Gasteiger partial charge in [-0.05, 0) is 36.4 Å². The fourth-order valence-corrected chi connectivity index (χ4v) is 3.58. The lowest BCUT2D eigenvalue weighted by molar-refractivity contribution is -0.118. The summed E-state index contributed by atoms with van der Waals surface area (Å²) < 4.78 is 1.51. The average molecular weight is 397 g/mol. The number of fused-ring (bicyclic) bond motifs is 1. The zero-order valence-corrected chi connectivity index (χ0v) is 17.0. The molecule has 0 saturated carbocycles. The lowest BCUT2D eigenvalue weighted by Crippen LogP contribution is -2.36. The van der Waals surface area contributed by atoms with Gasteiger partial charge in [0.1, 0.15) is 12.4 Å². The zero-order chi connectivity index (χ0) is 21.1. The summed E-state index contributed by atoms with van der Waals surface area (Å²) in [5.41, 5.74) is 1.96. The van der Waals surface area contributed by atoms with Gasteiger partial charge in [-0.25, -0.2) is 4.98 Å². The first-order chi connectivity index (χ1) is 14.6. The number of amides is 1. The maximum atomic E-state index is 13.5. The Labute approximate surface area is 175 Å². The second-order valence-electron chi connectivity index (χ2n) is 7.43. The Morgan fingerprint density at radius 2 is 1.40 bits per heavy atom. The van der Waals surface area contributed by atoms with E-state index >= 15 is 0 Å². The van der Waals surface area contributed by atoms with Crippen molar-refractivity contribution in [2.75, 3.05) is 4.90 Å². The standard InChI is InChI=1S/C25H23N3O2/c1-18(2)24-26-22-16-10-9-15-21(22)25(30)27(24)17-23(29)28(19-11-5-3-6-12-19)20-13-7-4-8-14-20/h3-16,18H,17H2,1-2H3. The first kappa shape index (κ1) is 19.6. The summed E-state index contributed by atoms with van der Waals surface area (Å²) in [6.07, 6.45) is 0. The molecule has 0 spiro atoms. The molecule has 1 aromatic heterocycles. The van der Waals surface area contributed by atoms with Crippen molar-refractivity contribution in [3.63, 3.8) is 0 Å². The Morgan fingerprint density at radius 1 is 0.867 bits per heavy atom. The Bertz CT molecular complexity index is 1190. The molecule has 0 saturated heterocycles. The van der Waals surface area contributed by atoms with Gasteiger partial charge in [0.15, 0.2) is 0 Å². The number of carbonyl (C=O) groups excluding carboxylic acids is 1. The number of rotatable bonds is 5. The topological polar surface area (TPSA) is 55.2 Å². The number of para-hydroxylation sites is 3. The molecule has 0 aliphatic heterocycles. The van der Waals surface area contributed by atoms with Crippen LogP contribution in [-0.4, -0.2) is 15.5 Å². The maximum absolute atomic E-state index is 13.5. The highest BCUT2D eigenvalue weighted by molar-refractivity contribution is 6.00. The van der Waals surface area contributed by atoms with Crippen molar-refractivity contribution in [3.8, 4) is 0 Å². The van der Waals surface area contributed by atoms with Gasteiger partial charge in [0, 0.05) is 17.3 Å². The van der Waals surface area contributed by atoms with Crippen molar-refractivity contribution in [3.05, 3.63) is 101 Å². The highest BCUT2D eigenvalue weighted by Crippen LogP contribution is 2.26. The van der Waals surface area contributed by atoms with Gasteiger partial charge >= 0.3 is 0 Å². The van der Waals surface area contributed by atoms with Crippen LogP contribution in [0.5, 0.6) is 0 Å². The molecule has 4 aromatic rings. The number of benzene rings is 3. The molecule has 0 radical (unpaired) electrons. The molecule has 0 atom stereocenters. The van der Waals surface area contributed by atoms with Crippen molar-refractivity contribution in [1.82, 2.24) is 9.55 Å². The van der Waals surface area contributed by atoms with Gasteiger partial charge in [0.2, 0.25) is 0 Å². The Balaban J connectivity index is 1.82. The number of hydrogen-bond acceptors (Lipinski definition) is 3. The average Bonchev–Trinajstić information content (AvgIpc) is 2.77. The predicted molar refractivity (Wildman–Crippen MR) is 120 cm³/mol. The highest BCUT2D eigenvalue weighted by atomic mass is 16.2. The van der Waals surface area contributed by atoms with Gasteiger partial charge in [-0.1, -0.05) is 62.4 Å². The fourth-order valence-electron chi connectivity index (χ4n) is 3.58. The summed E-state index contributed by atoms with van der Waals surface area (Å²) in [6.45, 7) is 3.86. The van der Waals surface area contributed by atoms with E-state index in [4.69, 9.17) is 0 Å². The van der Waals surface area contributed by atoms with E-state index in [1.54, 1.807) is 11.0 Å². The third-order valence-corrected chi connectivity index (χ3v) is 4.98. The molecule has 0 fully saturated rings. The Hall–Kier alpha value is -3.73. The molecule has 0 aliphatic rings. The van der Waals surface area contributed by atoms with E-state index in [1.807, 2.05) is 92.7 Å². The first-order valence-electron chi connectivity index (χ1n) is 9.99. The van der Waals surface area contributed by atoms with Crippen LogP contribution in [0.2, 0.25) is 0 Å². The van der Waals surface area contributed by atoms with E-state index in [9.17, 15) is 9.59 Å². The molecule has 0 N–H and O–H groups in total. The van der Waals surface area contributed by atoms with E-state index < -0.39 is 0 Å². The minimum absolute atomic E-state index is 0.00277. The van der Waals surface area contributed by atoms with Gasteiger partial charge in [0.05, 0.1) is 10.9 Å². The van der Waals surface area contributed by atoms with Crippen molar-refractivity contribution in [2.45, 2.75) is 26.3 Å². The van der Waals surface area contributed by atoms with Crippen LogP contribution in [0.1, 0.15) is 25.6 Å². The lowest BCUT2D eigenvalue weighted by Gasteiger charge is -2.24. The van der Waals surface area contributed by atoms with Crippen LogP contribution < -0.4 is 10.5 Å². The van der Waals surface area contributed by atoms with Gasteiger partial charge in [-0.2, -0.15) is 0 Å². The number of anilines is 2. The normalized spacial score (nSPS) is 11.0. The molecule has 5 heteroatoms. The van der Waals surface area contributed by atoms with Crippen LogP contribution in [0.25, 0.3) is 10.9 Å². The molecule has 150 valence electrons. The highest BCUT2D eigenvalue weighted by Gasteiger charge is 2.22. The van der Waals surface area contributed by atoms with Crippen LogP contribution >= 0.6 is 0 Å². The van der Waals surface area contributed by atoms with Crippen LogP contribution in [0.15, 0.2) is 89.7 Å². The molecule has 3 aromatic carbocycles. The molecule has 0 aliphatic carbocycles. The molecular weight excluding hydrogens is 374 g/mol. The maximum Gasteiger partial charge on any atom is 0.261 e. The van der Waals surface area contributed by atoms with Crippen LogP contribution in [0.4, 0.5) is 11.4 Å². The summed E-state index contributed by atoms with van der Waals surface area (Å²) >= 11 is 0. The molecule has 4 rings (SSSR count). The quantitative estimate of drug-likeness (QED) is 0.482. The molecule has 30 heavy (non-hydrogen) atoms. The summed E-state index contributed by atoms with van der Waals surface area (Å²) in [6, 6.07) is 26.2. The summed E-state index contributed by atoms with van der Waals surface area (Å²) in [7, 11) is 0. The number of hydrogen-bond donors (Lipinski definition) is 0. The van der Waals surface area contributed by atoms with Gasteiger partial charge < -0.3 is 0 Å². The van der Waals surface area contributed by atoms with E-state index in [2.05, 4.69) is 4.98 Å². The smallest absolute Gasteiger partial charge is 0.261 e. The molecule has 1 amide bonds. The molecule has 1 heterocycles. The Kier molecular flexibility index (Phi) is 5.44. The molecule has 0 bridgehead atoms. The molecular formula is C25H23N3O2. The van der Waals surface area contributed by atoms with E-state index in [0.29, 0.717) is 16.7 Å². The summed E-state index contributed by atoms with van der Waals surface area (Å²) in [4.78, 5) is 33.1. The molecule has 0 unspecified atom stereocenters. The van der Waals surface area contributed by atoms with Crippen molar-refractivity contribution < 1.29 is 4.79 Å². The van der Waals surface area contributed by atoms with Gasteiger partial charge in [-0.15, -0.1) is 0 Å². The monoisotopic (exact) mass is 397 g/mol. The number of nitrogens with zero attached hydrogens (tertiary/aromatic N) is 3. The third-order valence-electron chi connectivity index (χ3n) is 4.98. The van der Waals surface area contributed by atoms with Gasteiger partial charge in [-0.3, -0.25) is 19.1 Å². The SMILES string of the molecule is CC(C)c1nc2ccccc2c(=O)n1CC(=O)N(c1ccccc1)c1ccccc1. The minimum Gasteiger partial charge on any atom is -0.286 e. The van der Waals surface area contributed by atoms with E-state index in [1.165, 1.54) is 4.57 Å². The van der Waals surface area contributed by atoms with Crippen molar-refractivity contribution >= 4 is 28.2 Å². The predicted octanol–water partition coefficient (Wildman–Crippen LogP) is 4.88. The van der Waals surface area contributed by atoms with Crippen molar-refractivity contribution in [1.29, 1.82) is 0 Å². The van der Waals surface area contributed by atoms with Crippen LogP contribution in [0, 0.1) is 0 Å². The lowest BCUT2D eigenvalue weighted by atomic mass is 10.1. The third kappa shape index (κ3) is 3.74. The summed E-state index contributed by atoms with van der Waals surface area (Å²) in [5.74, 6) is 0.401. The van der Waals surface area contributed by atoms with Crippen LogP contribution in [0.3, 0.4) is 0 Å². The zero-order valence-electron chi connectivity index (χ0n) is 17.0. The fraction of sp³-hybridized carbons (Fsp3) is 0.160. The number of aromatic nitrogens is 2. The van der Waals surface area contributed by atoms with E-state index in [0.717, 1.165) is 11.4 Å². The molecule has 5 nitrogen and oxygen atoms in total. The van der Waals surface area contributed by atoms with Gasteiger partial charge in [0.25, 0.3) is 11.5 Å². The second-order valence-corrected chi connectivity index (χ2v) is 7.43.